The molecule has 0 bridgehead atoms. The fourth-order valence-corrected chi connectivity index (χ4v) is 3.11. The van der Waals surface area contributed by atoms with Crippen molar-refractivity contribution < 1.29 is 13.2 Å². The van der Waals surface area contributed by atoms with Crippen molar-refractivity contribution >= 4 is 0 Å². The first kappa shape index (κ1) is 15.4. The quantitative estimate of drug-likeness (QED) is 0.929. The van der Waals surface area contributed by atoms with E-state index in [4.69, 9.17) is 5.73 Å². The molecule has 2 unspecified atom stereocenters. The van der Waals surface area contributed by atoms with Crippen LogP contribution in [0.3, 0.4) is 0 Å². The van der Waals surface area contributed by atoms with Gasteiger partial charge in [0, 0.05) is 24.7 Å². The maximum absolute atomic E-state index is 12.9. The third-order valence-corrected chi connectivity index (χ3v) is 4.27. The molecule has 1 saturated carbocycles. The number of alkyl halides is 3. The van der Waals surface area contributed by atoms with Gasteiger partial charge >= 0.3 is 6.18 Å². The predicted octanol–water partition coefficient (Wildman–Crippen LogP) is 2.98. The molecule has 20 heavy (non-hydrogen) atoms. The summed E-state index contributed by atoms with van der Waals surface area (Å²) in [5, 5.41) is 4.33. The highest BCUT2D eigenvalue weighted by atomic mass is 19.4. The summed E-state index contributed by atoms with van der Waals surface area (Å²) in [6.45, 7) is 2.00. The van der Waals surface area contributed by atoms with Crippen molar-refractivity contribution in [1.29, 1.82) is 0 Å². The minimum absolute atomic E-state index is 0.0170. The molecule has 3 nitrogen and oxygen atoms in total. The van der Waals surface area contributed by atoms with E-state index in [9.17, 15) is 13.2 Å². The third-order valence-electron chi connectivity index (χ3n) is 4.27. The van der Waals surface area contributed by atoms with Crippen molar-refractivity contribution in [2.24, 2.45) is 18.7 Å². The highest BCUT2D eigenvalue weighted by molar-refractivity contribution is 5.14. The Labute approximate surface area is 117 Å². The Morgan fingerprint density at radius 2 is 2.20 bits per heavy atom. The predicted molar refractivity (Wildman–Crippen MR) is 71.2 cm³/mol. The summed E-state index contributed by atoms with van der Waals surface area (Å²) < 4.78 is 40.4. The minimum atomic E-state index is -4.13. The molecule has 0 saturated heterocycles. The third kappa shape index (κ3) is 3.34. The van der Waals surface area contributed by atoms with Crippen LogP contribution in [-0.2, 0) is 19.9 Å². The van der Waals surface area contributed by atoms with Gasteiger partial charge in [-0.3, -0.25) is 4.68 Å². The Kier molecular flexibility index (Phi) is 4.14. The Balaban J connectivity index is 2.12. The van der Waals surface area contributed by atoms with Gasteiger partial charge in [-0.1, -0.05) is 13.3 Å². The van der Waals surface area contributed by atoms with E-state index in [-0.39, 0.29) is 12.8 Å². The molecular formula is C14H22F3N3. The summed E-state index contributed by atoms with van der Waals surface area (Å²) in [4.78, 5) is 0. The molecule has 0 aliphatic heterocycles. The minimum Gasteiger partial charge on any atom is -0.325 e. The molecule has 1 aliphatic rings. The lowest BCUT2D eigenvalue weighted by molar-refractivity contribution is -0.187. The molecule has 1 heterocycles. The number of rotatable bonds is 3. The molecule has 114 valence electrons. The fourth-order valence-electron chi connectivity index (χ4n) is 3.11. The van der Waals surface area contributed by atoms with Gasteiger partial charge in [0.2, 0.25) is 0 Å². The zero-order valence-corrected chi connectivity index (χ0v) is 12.0. The van der Waals surface area contributed by atoms with Crippen molar-refractivity contribution in [2.75, 3.05) is 0 Å². The van der Waals surface area contributed by atoms with Crippen LogP contribution in [0, 0.1) is 5.92 Å². The van der Waals surface area contributed by atoms with Gasteiger partial charge in [0.05, 0.1) is 11.6 Å². The van der Waals surface area contributed by atoms with Gasteiger partial charge < -0.3 is 5.73 Å². The van der Waals surface area contributed by atoms with E-state index in [0.717, 1.165) is 17.8 Å². The van der Waals surface area contributed by atoms with Crippen LogP contribution in [0.2, 0.25) is 0 Å². The summed E-state index contributed by atoms with van der Waals surface area (Å²) in [6.07, 6.45) is -1.45. The van der Waals surface area contributed by atoms with Crippen LogP contribution < -0.4 is 5.73 Å². The second kappa shape index (κ2) is 5.39. The Morgan fingerprint density at radius 1 is 1.50 bits per heavy atom. The summed E-state index contributed by atoms with van der Waals surface area (Å²) in [5.74, 6) is -1.26. The number of hydrogen-bond donors (Lipinski definition) is 1. The number of halogens is 3. The van der Waals surface area contributed by atoms with Gasteiger partial charge in [-0.2, -0.15) is 18.3 Å². The van der Waals surface area contributed by atoms with E-state index in [2.05, 4.69) is 5.10 Å². The Bertz CT molecular complexity index is 467. The maximum Gasteiger partial charge on any atom is 0.391 e. The molecule has 1 aliphatic carbocycles. The molecule has 0 spiro atoms. The highest BCUT2D eigenvalue weighted by Gasteiger charge is 2.46. The van der Waals surface area contributed by atoms with Crippen LogP contribution in [-0.4, -0.2) is 21.5 Å². The second-order valence-corrected chi connectivity index (χ2v) is 5.98. The lowest BCUT2D eigenvalue weighted by Crippen LogP contribution is -2.49. The molecule has 2 atom stereocenters. The van der Waals surface area contributed by atoms with E-state index in [1.54, 1.807) is 4.68 Å². The van der Waals surface area contributed by atoms with E-state index in [0.29, 0.717) is 19.3 Å². The molecule has 0 aromatic carbocycles. The van der Waals surface area contributed by atoms with Crippen molar-refractivity contribution in [3.63, 3.8) is 0 Å². The SMILES string of the molecule is CCc1cc(CC2(N)CCCC(C(F)(F)F)C2)n(C)n1. The Hall–Kier alpha value is -1.04. The standard InChI is InChI=1S/C14H22F3N3/c1-3-11-7-12(20(2)19-11)9-13(18)6-4-5-10(8-13)14(15,16)17/h7,10H,3-6,8-9,18H2,1-2H3. The van der Waals surface area contributed by atoms with Crippen LogP contribution in [0.1, 0.15) is 44.0 Å². The van der Waals surface area contributed by atoms with Gasteiger partial charge in [-0.05, 0) is 31.7 Å². The first-order chi connectivity index (χ1) is 9.23. The van der Waals surface area contributed by atoms with Crippen molar-refractivity contribution in [1.82, 2.24) is 9.78 Å². The summed E-state index contributed by atoms with van der Waals surface area (Å²) in [7, 11) is 1.82. The second-order valence-electron chi connectivity index (χ2n) is 5.98. The van der Waals surface area contributed by atoms with Crippen molar-refractivity contribution in [3.8, 4) is 0 Å². The molecule has 0 amide bonds. The molecule has 6 heteroatoms. The first-order valence-electron chi connectivity index (χ1n) is 7.11. The van der Waals surface area contributed by atoms with E-state index in [1.807, 2.05) is 20.0 Å². The van der Waals surface area contributed by atoms with Crippen LogP contribution in [0.15, 0.2) is 6.07 Å². The van der Waals surface area contributed by atoms with E-state index < -0.39 is 17.6 Å². The zero-order valence-electron chi connectivity index (χ0n) is 12.0. The normalized spacial score (nSPS) is 27.8. The molecular weight excluding hydrogens is 267 g/mol. The van der Waals surface area contributed by atoms with E-state index >= 15 is 0 Å². The van der Waals surface area contributed by atoms with Gasteiger partial charge in [0.25, 0.3) is 0 Å². The largest absolute Gasteiger partial charge is 0.391 e. The number of nitrogens with zero attached hydrogens (tertiary/aromatic N) is 2. The van der Waals surface area contributed by atoms with Crippen LogP contribution in [0.4, 0.5) is 13.2 Å². The fraction of sp³-hybridized carbons (Fsp3) is 0.786. The molecule has 2 rings (SSSR count). The number of aromatic nitrogens is 2. The van der Waals surface area contributed by atoms with Crippen molar-refractivity contribution in [2.45, 2.75) is 57.2 Å². The number of nitrogens with two attached hydrogens (primary N) is 1. The smallest absolute Gasteiger partial charge is 0.325 e. The van der Waals surface area contributed by atoms with Gasteiger partial charge in [0.1, 0.15) is 0 Å². The molecule has 1 aromatic rings. The molecule has 1 aromatic heterocycles. The van der Waals surface area contributed by atoms with Crippen molar-refractivity contribution in [3.05, 3.63) is 17.5 Å². The summed E-state index contributed by atoms with van der Waals surface area (Å²) in [6, 6.07) is 1.95. The summed E-state index contributed by atoms with van der Waals surface area (Å²) >= 11 is 0. The van der Waals surface area contributed by atoms with E-state index in [1.165, 1.54) is 0 Å². The average Bonchev–Trinajstić information content (AvgIpc) is 2.68. The lowest BCUT2D eigenvalue weighted by atomic mass is 9.73. The van der Waals surface area contributed by atoms with Gasteiger partial charge in [-0.25, -0.2) is 0 Å². The molecule has 0 radical (unpaired) electrons. The summed E-state index contributed by atoms with van der Waals surface area (Å²) in [5.41, 5.74) is 7.37. The maximum atomic E-state index is 12.9. The molecule has 1 fully saturated rings. The zero-order chi connectivity index (χ0) is 15.0. The first-order valence-corrected chi connectivity index (χ1v) is 7.11. The molecule has 2 N–H and O–H groups in total. The monoisotopic (exact) mass is 289 g/mol. The van der Waals surface area contributed by atoms with Gasteiger partial charge in [0.15, 0.2) is 0 Å². The van der Waals surface area contributed by atoms with Crippen LogP contribution in [0.5, 0.6) is 0 Å². The van der Waals surface area contributed by atoms with Gasteiger partial charge in [-0.15, -0.1) is 0 Å². The average molecular weight is 289 g/mol. The number of hydrogen-bond acceptors (Lipinski definition) is 2. The highest BCUT2D eigenvalue weighted by Crippen LogP contribution is 2.41. The van der Waals surface area contributed by atoms with Crippen LogP contribution >= 0.6 is 0 Å². The van der Waals surface area contributed by atoms with Crippen LogP contribution in [0.25, 0.3) is 0 Å². The lowest BCUT2D eigenvalue weighted by Gasteiger charge is -2.38. The number of aryl methyl sites for hydroxylation is 2. The Morgan fingerprint density at radius 3 is 2.75 bits per heavy atom. The topological polar surface area (TPSA) is 43.8 Å².